The maximum atomic E-state index is 13.0. The molecule has 3 aromatic rings. The van der Waals surface area contributed by atoms with Gasteiger partial charge >= 0.3 is 6.29 Å². The third-order valence-corrected chi connectivity index (χ3v) is 3.61. The van der Waals surface area contributed by atoms with Gasteiger partial charge in [0.1, 0.15) is 5.82 Å². The van der Waals surface area contributed by atoms with Crippen LogP contribution in [0.3, 0.4) is 0 Å². The summed E-state index contributed by atoms with van der Waals surface area (Å²) in [6, 6.07) is 6.25. The van der Waals surface area contributed by atoms with Crippen LogP contribution < -0.4 is 9.47 Å². The fraction of sp³-hybridized carbons (Fsp3) is 0.200. The fourth-order valence-corrected chi connectivity index (χ4v) is 2.58. The first-order chi connectivity index (χ1) is 10.9. The summed E-state index contributed by atoms with van der Waals surface area (Å²) < 4.78 is 36.5. The van der Waals surface area contributed by atoms with Crippen molar-refractivity contribution in [1.82, 2.24) is 14.5 Å². The molecule has 6 nitrogen and oxygen atoms in total. The van der Waals surface area contributed by atoms with Crippen molar-refractivity contribution in [2.45, 2.75) is 12.7 Å². The first-order valence-corrected chi connectivity index (χ1v) is 6.84. The van der Waals surface area contributed by atoms with E-state index < -0.39 is 6.29 Å². The third-order valence-electron chi connectivity index (χ3n) is 3.61. The number of nitrogens with one attached hydrogen (secondary N) is 1. The van der Waals surface area contributed by atoms with Gasteiger partial charge < -0.3 is 19.0 Å². The Morgan fingerprint density at radius 3 is 2.78 bits per heavy atom. The van der Waals surface area contributed by atoms with Crippen molar-refractivity contribution in [2.24, 2.45) is 7.05 Å². The Morgan fingerprint density at radius 2 is 2.09 bits per heavy atom. The van der Waals surface area contributed by atoms with E-state index in [4.69, 9.17) is 0 Å². The SMILES string of the molecule is Cn1cccc1C(=O)Cc1nc2cc3c(cc2[nH]1)OC(F)(F)O3. The average molecular weight is 319 g/mol. The number of Topliss-reactive ketones (excluding diaryl/α,β-unsaturated/α-hetero) is 1. The molecule has 0 aliphatic carbocycles. The molecule has 3 heterocycles. The van der Waals surface area contributed by atoms with Crippen molar-refractivity contribution in [3.8, 4) is 11.5 Å². The molecule has 0 radical (unpaired) electrons. The van der Waals surface area contributed by atoms with Gasteiger partial charge in [0.2, 0.25) is 0 Å². The number of aryl methyl sites for hydroxylation is 1. The fourth-order valence-electron chi connectivity index (χ4n) is 2.58. The first-order valence-electron chi connectivity index (χ1n) is 6.84. The molecule has 2 aromatic heterocycles. The number of hydrogen-bond donors (Lipinski definition) is 1. The van der Waals surface area contributed by atoms with Gasteiger partial charge in [-0.05, 0) is 12.1 Å². The molecule has 1 aliphatic rings. The van der Waals surface area contributed by atoms with Gasteiger partial charge in [0, 0.05) is 25.4 Å². The van der Waals surface area contributed by atoms with Crippen LogP contribution in [0.1, 0.15) is 16.3 Å². The summed E-state index contributed by atoms with van der Waals surface area (Å²) in [6.45, 7) is 0. The van der Waals surface area contributed by atoms with E-state index in [1.165, 1.54) is 12.1 Å². The van der Waals surface area contributed by atoms with Crippen LogP contribution in [-0.2, 0) is 13.5 Å². The Morgan fingerprint density at radius 1 is 1.35 bits per heavy atom. The van der Waals surface area contributed by atoms with Crippen LogP contribution in [0.2, 0.25) is 0 Å². The van der Waals surface area contributed by atoms with Crippen LogP contribution in [0, 0.1) is 0 Å². The van der Waals surface area contributed by atoms with Gasteiger partial charge in [-0.15, -0.1) is 8.78 Å². The lowest BCUT2D eigenvalue weighted by atomic mass is 10.2. The summed E-state index contributed by atoms with van der Waals surface area (Å²) in [7, 11) is 1.78. The number of carbonyl (C=O) groups is 1. The normalized spacial score (nSPS) is 15.3. The zero-order valence-corrected chi connectivity index (χ0v) is 12.0. The number of ketones is 1. The van der Waals surface area contributed by atoms with Crippen molar-refractivity contribution in [2.75, 3.05) is 0 Å². The van der Waals surface area contributed by atoms with Crippen molar-refractivity contribution in [3.05, 3.63) is 42.0 Å². The molecule has 0 unspecified atom stereocenters. The second kappa shape index (κ2) is 4.55. The Bertz CT molecular complexity index is 884. The van der Waals surface area contributed by atoms with E-state index in [1.54, 1.807) is 29.9 Å². The van der Waals surface area contributed by atoms with E-state index in [0.717, 1.165) is 0 Å². The van der Waals surface area contributed by atoms with Crippen LogP contribution in [0.5, 0.6) is 11.5 Å². The van der Waals surface area contributed by atoms with E-state index in [1.807, 2.05) is 0 Å². The van der Waals surface area contributed by atoms with Gasteiger partial charge in [-0.25, -0.2) is 4.98 Å². The lowest BCUT2D eigenvalue weighted by molar-refractivity contribution is -0.286. The van der Waals surface area contributed by atoms with Crippen molar-refractivity contribution >= 4 is 16.8 Å². The number of rotatable bonds is 3. The van der Waals surface area contributed by atoms with Crippen LogP contribution in [0.25, 0.3) is 11.0 Å². The lowest BCUT2D eigenvalue weighted by Gasteiger charge is -2.04. The maximum absolute atomic E-state index is 13.0. The Labute approximate surface area is 128 Å². The van der Waals surface area contributed by atoms with Crippen molar-refractivity contribution < 1.29 is 23.0 Å². The largest absolute Gasteiger partial charge is 0.586 e. The quantitative estimate of drug-likeness (QED) is 0.754. The summed E-state index contributed by atoms with van der Waals surface area (Å²) in [5.74, 6) is 0.213. The number of alkyl halides is 2. The number of imidazole rings is 1. The number of carbonyl (C=O) groups excluding carboxylic acids is 1. The minimum atomic E-state index is -3.66. The molecule has 23 heavy (non-hydrogen) atoms. The molecule has 1 aliphatic heterocycles. The Hall–Kier alpha value is -2.90. The van der Waals surface area contributed by atoms with Crippen LogP contribution >= 0.6 is 0 Å². The van der Waals surface area contributed by atoms with Gasteiger partial charge in [0.05, 0.1) is 23.1 Å². The first kappa shape index (κ1) is 13.7. The van der Waals surface area contributed by atoms with Crippen molar-refractivity contribution in [1.29, 1.82) is 0 Å². The van der Waals surface area contributed by atoms with E-state index in [9.17, 15) is 13.6 Å². The van der Waals surface area contributed by atoms with Gasteiger partial charge in [-0.1, -0.05) is 0 Å². The third kappa shape index (κ3) is 2.32. The van der Waals surface area contributed by atoms with Crippen LogP contribution in [0.4, 0.5) is 8.78 Å². The summed E-state index contributed by atoms with van der Waals surface area (Å²) in [4.78, 5) is 19.4. The minimum Gasteiger partial charge on any atom is -0.395 e. The molecule has 0 atom stereocenters. The van der Waals surface area contributed by atoms with Crippen molar-refractivity contribution in [3.63, 3.8) is 0 Å². The highest BCUT2D eigenvalue weighted by molar-refractivity contribution is 5.96. The summed E-state index contributed by atoms with van der Waals surface area (Å²) in [5, 5.41) is 0. The Kier molecular flexibility index (Phi) is 2.72. The van der Waals surface area contributed by atoms with E-state index in [-0.39, 0.29) is 23.7 Å². The number of benzene rings is 1. The number of halogens is 2. The summed E-state index contributed by atoms with van der Waals surface area (Å²) >= 11 is 0. The number of H-pyrrole nitrogens is 1. The predicted octanol–water partition coefficient (Wildman–Crippen LogP) is 2.65. The van der Waals surface area contributed by atoms with Crippen LogP contribution in [-0.4, -0.2) is 26.6 Å². The van der Waals surface area contributed by atoms with E-state index >= 15 is 0 Å². The van der Waals surface area contributed by atoms with Gasteiger partial charge in [0.25, 0.3) is 0 Å². The number of fused-ring (bicyclic) bond motifs is 2. The van der Waals surface area contributed by atoms with Gasteiger partial charge in [0.15, 0.2) is 17.3 Å². The average Bonchev–Trinajstić information content (AvgIpc) is 3.10. The standard InChI is InChI=1S/C15H11F2N3O3/c1-20-4-2-3-10(20)11(21)7-14-18-8-5-12-13(6-9(8)19-14)23-15(16,17)22-12/h2-6H,7H2,1H3,(H,18,19). The van der Waals surface area contributed by atoms with E-state index in [2.05, 4.69) is 19.4 Å². The molecule has 118 valence electrons. The molecule has 8 heteroatoms. The molecule has 0 fully saturated rings. The molecule has 0 saturated heterocycles. The highest BCUT2D eigenvalue weighted by Crippen LogP contribution is 2.42. The molecule has 1 N–H and O–H groups in total. The number of ether oxygens (including phenoxy) is 2. The zero-order valence-electron chi connectivity index (χ0n) is 12.0. The van der Waals surface area contributed by atoms with Crippen LogP contribution in [0.15, 0.2) is 30.5 Å². The summed E-state index contributed by atoms with van der Waals surface area (Å²) in [6.07, 6.45) is -1.80. The molecular weight excluding hydrogens is 308 g/mol. The van der Waals surface area contributed by atoms with E-state index in [0.29, 0.717) is 22.6 Å². The molecule has 1 aromatic carbocycles. The monoisotopic (exact) mass is 319 g/mol. The molecule has 0 spiro atoms. The smallest absolute Gasteiger partial charge is 0.395 e. The Balaban J connectivity index is 1.64. The highest BCUT2D eigenvalue weighted by atomic mass is 19.3. The zero-order chi connectivity index (χ0) is 16.2. The second-order valence-electron chi connectivity index (χ2n) is 5.27. The second-order valence-corrected chi connectivity index (χ2v) is 5.27. The minimum absolute atomic E-state index is 0.0635. The molecule has 4 rings (SSSR count). The molecule has 0 saturated carbocycles. The number of aromatic nitrogens is 3. The topological polar surface area (TPSA) is 69.1 Å². The lowest BCUT2D eigenvalue weighted by Crippen LogP contribution is -2.25. The molecular formula is C15H11F2N3O3. The van der Waals surface area contributed by atoms with Gasteiger partial charge in [-0.2, -0.15) is 0 Å². The number of nitrogens with zero attached hydrogens (tertiary/aromatic N) is 2. The summed E-state index contributed by atoms with van der Waals surface area (Å²) in [5.41, 5.74) is 1.50. The molecule has 0 bridgehead atoms. The molecule has 0 amide bonds. The number of aromatic amines is 1. The maximum Gasteiger partial charge on any atom is 0.586 e. The van der Waals surface area contributed by atoms with Gasteiger partial charge in [-0.3, -0.25) is 4.79 Å². The number of hydrogen-bond acceptors (Lipinski definition) is 4. The highest BCUT2D eigenvalue weighted by Gasteiger charge is 2.43. The predicted molar refractivity (Wildman–Crippen MR) is 75.7 cm³/mol.